The first-order valence-electron chi connectivity index (χ1n) is 16.2. The Morgan fingerprint density at radius 1 is 0.933 bits per heavy atom. The number of nitrogens with zero attached hydrogens (tertiary/aromatic N) is 3. The molecule has 2 rings (SSSR count). The molecule has 0 fully saturated rings. The predicted molar refractivity (Wildman–Crippen MR) is 175 cm³/mol. The minimum atomic E-state index is -0.998. The van der Waals surface area contributed by atoms with E-state index in [1.807, 2.05) is 45.0 Å². The number of para-hydroxylation sites is 1. The lowest BCUT2D eigenvalue weighted by molar-refractivity contribution is -0.149. The Hall–Kier alpha value is -3.89. The number of hydrogen-bond acceptors (Lipinski definition) is 5. The van der Waals surface area contributed by atoms with Crippen LogP contribution in [0.4, 0.5) is 0 Å². The van der Waals surface area contributed by atoms with Crippen LogP contribution in [0.3, 0.4) is 0 Å². The van der Waals surface area contributed by atoms with E-state index in [4.69, 9.17) is 0 Å². The van der Waals surface area contributed by atoms with Crippen molar-refractivity contribution >= 4 is 41.0 Å². The molecule has 0 aliphatic heterocycles. The SMILES string of the molecule is CCCCC(C(=O)N(C)C(CCCC)C(=O)NC(C)CC(C)C)N(C)C(=O)C(Cc1cn(CC(=O)O)c2ccccc12)NC=O. The van der Waals surface area contributed by atoms with Crippen LogP contribution < -0.4 is 10.6 Å². The predicted octanol–water partition coefficient (Wildman–Crippen LogP) is 3.97. The van der Waals surface area contributed by atoms with Gasteiger partial charge in [0.2, 0.25) is 24.1 Å². The highest BCUT2D eigenvalue weighted by Crippen LogP contribution is 2.24. The topological polar surface area (TPSA) is 141 Å². The highest BCUT2D eigenvalue weighted by atomic mass is 16.4. The van der Waals surface area contributed by atoms with Crippen LogP contribution in [0.25, 0.3) is 10.9 Å². The van der Waals surface area contributed by atoms with Gasteiger partial charge in [0.15, 0.2) is 0 Å². The van der Waals surface area contributed by atoms with Gasteiger partial charge in [-0.15, -0.1) is 0 Å². The van der Waals surface area contributed by atoms with E-state index in [1.165, 1.54) is 9.80 Å². The summed E-state index contributed by atoms with van der Waals surface area (Å²) in [6, 6.07) is 4.75. The number of fused-ring (bicyclic) bond motifs is 1. The number of likely N-dealkylation sites (N-methyl/N-ethyl adjacent to an activating group) is 2. The van der Waals surface area contributed by atoms with Crippen LogP contribution in [0.5, 0.6) is 0 Å². The average molecular weight is 628 g/mol. The summed E-state index contributed by atoms with van der Waals surface area (Å²) in [4.78, 5) is 67.5. The van der Waals surface area contributed by atoms with E-state index in [1.54, 1.807) is 24.9 Å². The second-order valence-electron chi connectivity index (χ2n) is 12.5. The van der Waals surface area contributed by atoms with Crippen molar-refractivity contribution in [3.8, 4) is 0 Å². The Kier molecular flexibility index (Phi) is 15.1. The molecule has 1 heterocycles. The van der Waals surface area contributed by atoms with Gasteiger partial charge in [-0.05, 0) is 43.7 Å². The summed E-state index contributed by atoms with van der Waals surface area (Å²) >= 11 is 0. The van der Waals surface area contributed by atoms with Crippen molar-refractivity contribution in [2.24, 2.45) is 5.92 Å². The lowest BCUT2D eigenvalue weighted by atomic mass is 10.00. The zero-order chi connectivity index (χ0) is 33.7. The first-order valence-corrected chi connectivity index (χ1v) is 16.2. The summed E-state index contributed by atoms with van der Waals surface area (Å²) in [5.74, 6) is -1.56. The number of hydrogen-bond donors (Lipinski definition) is 3. The molecule has 0 radical (unpaired) electrons. The van der Waals surface area contributed by atoms with Crippen molar-refractivity contribution in [1.82, 2.24) is 25.0 Å². The van der Waals surface area contributed by atoms with Gasteiger partial charge in [-0.2, -0.15) is 0 Å². The van der Waals surface area contributed by atoms with E-state index >= 15 is 0 Å². The molecule has 1 aromatic carbocycles. The summed E-state index contributed by atoms with van der Waals surface area (Å²) in [5, 5.41) is 15.9. The fourth-order valence-electron chi connectivity index (χ4n) is 5.95. The molecule has 0 saturated heterocycles. The highest BCUT2D eigenvalue weighted by molar-refractivity contribution is 5.94. The van der Waals surface area contributed by atoms with Gasteiger partial charge in [-0.25, -0.2) is 0 Å². The van der Waals surface area contributed by atoms with E-state index < -0.39 is 30.0 Å². The van der Waals surface area contributed by atoms with Crippen LogP contribution in [-0.4, -0.2) is 87.8 Å². The molecule has 45 heavy (non-hydrogen) atoms. The van der Waals surface area contributed by atoms with Gasteiger partial charge in [-0.1, -0.05) is 71.6 Å². The fraction of sp³-hybridized carbons (Fsp3) is 0.618. The molecular weight excluding hydrogens is 574 g/mol. The largest absolute Gasteiger partial charge is 0.480 e. The zero-order valence-electron chi connectivity index (χ0n) is 28.0. The van der Waals surface area contributed by atoms with Crippen LogP contribution in [0.2, 0.25) is 0 Å². The van der Waals surface area contributed by atoms with Crippen LogP contribution in [0.1, 0.15) is 85.1 Å². The van der Waals surface area contributed by atoms with E-state index in [0.29, 0.717) is 42.7 Å². The maximum atomic E-state index is 14.1. The second-order valence-corrected chi connectivity index (χ2v) is 12.5. The Labute approximate surface area is 267 Å². The minimum absolute atomic E-state index is 0.0399. The smallest absolute Gasteiger partial charge is 0.323 e. The summed E-state index contributed by atoms with van der Waals surface area (Å²) in [7, 11) is 3.19. The zero-order valence-corrected chi connectivity index (χ0v) is 28.0. The molecule has 0 bridgehead atoms. The fourth-order valence-corrected chi connectivity index (χ4v) is 5.95. The quantitative estimate of drug-likeness (QED) is 0.190. The van der Waals surface area contributed by atoms with Gasteiger partial charge in [0.1, 0.15) is 24.7 Å². The van der Waals surface area contributed by atoms with Crippen molar-refractivity contribution < 1.29 is 29.1 Å². The third kappa shape index (κ3) is 10.6. The maximum Gasteiger partial charge on any atom is 0.323 e. The normalized spacial score (nSPS) is 14.0. The number of nitrogens with one attached hydrogen (secondary N) is 2. The third-order valence-electron chi connectivity index (χ3n) is 8.26. The molecule has 11 heteroatoms. The molecule has 4 atom stereocenters. The van der Waals surface area contributed by atoms with Crippen molar-refractivity contribution in [1.29, 1.82) is 0 Å². The molecule has 1 aromatic heterocycles. The first kappa shape index (κ1) is 37.3. The van der Waals surface area contributed by atoms with Gasteiger partial charge in [0, 0.05) is 43.7 Å². The molecular formula is C34H53N5O6. The van der Waals surface area contributed by atoms with Crippen molar-refractivity contribution in [2.45, 2.75) is 117 Å². The molecule has 4 amide bonds. The Morgan fingerprint density at radius 2 is 1.53 bits per heavy atom. The van der Waals surface area contributed by atoms with Gasteiger partial charge in [0.05, 0.1) is 0 Å². The Morgan fingerprint density at radius 3 is 2.11 bits per heavy atom. The average Bonchev–Trinajstić information content (AvgIpc) is 3.32. The van der Waals surface area contributed by atoms with Crippen LogP contribution >= 0.6 is 0 Å². The molecule has 0 spiro atoms. The maximum absolute atomic E-state index is 14.1. The number of amides is 4. The number of rotatable bonds is 20. The molecule has 11 nitrogen and oxygen atoms in total. The summed E-state index contributed by atoms with van der Waals surface area (Å²) in [5.41, 5.74) is 1.41. The van der Waals surface area contributed by atoms with Crippen LogP contribution in [0, 0.1) is 5.92 Å². The number of aliphatic carboxylic acids is 1. The van der Waals surface area contributed by atoms with Crippen LogP contribution in [0.15, 0.2) is 30.5 Å². The first-order chi connectivity index (χ1) is 21.4. The number of benzene rings is 1. The van der Waals surface area contributed by atoms with Gasteiger partial charge < -0.3 is 30.1 Å². The number of unbranched alkanes of at least 4 members (excludes halogenated alkanes) is 2. The molecule has 3 N–H and O–H groups in total. The lowest BCUT2D eigenvalue weighted by Crippen LogP contribution is -2.57. The van der Waals surface area contributed by atoms with E-state index in [0.717, 1.165) is 31.1 Å². The van der Waals surface area contributed by atoms with Crippen molar-refractivity contribution in [3.05, 3.63) is 36.0 Å². The van der Waals surface area contributed by atoms with Crippen molar-refractivity contribution in [3.63, 3.8) is 0 Å². The summed E-state index contributed by atoms with van der Waals surface area (Å²) in [6.45, 7) is 9.95. The monoisotopic (exact) mass is 627 g/mol. The van der Waals surface area contributed by atoms with Gasteiger partial charge >= 0.3 is 5.97 Å². The summed E-state index contributed by atoms with van der Waals surface area (Å²) in [6.07, 6.45) is 7.12. The molecule has 0 aliphatic carbocycles. The number of carbonyl (C=O) groups is 5. The molecule has 0 aliphatic rings. The third-order valence-corrected chi connectivity index (χ3v) is 8.26. The minimum Gasteiger partial charge on any atom is -0.480 e. The second kappa shape index (κ2) is 18.2. The Bertz CT molecular complexity index is 1290. The van der Waals surface area contributed by atoms with E-state index in [9.17, 15) is 29.1 Å². The summed E-state index contributed by atoms with van der Waals surface area (Å²) < 4.78 is 1.60. The standard InChI is InChI=1S/C34H53N5O6/c1-8-10-15-29(32(43)36-24(5)18-23(3)4)37(6)34(45)30(16-11-9-2)38(7)33(44)27(35-22-40)19-25-20-39(21-31(41)42)28-17-13-12-14-26(25)28/h12-14,17,20,22-24,27,29-30H,8-11,15-16,18-19,21H2,1-7H3,(H,35,40)(H,36,43)(H,41,42). The molecule has 0 saturated carbocycles. The highest BCUT2D eigenvalue weighted by Gasteiger charge is 2.36. The Balaban J connectivity index is 2.37. The molecule has 4 unspecified atom stereocenters. The lowest BCUT2D eigenvalue weighted by Gasteiger charge is -2.36. The van der Waals surface area contributed by atoms with Gasteiger partial charge in [-0.3, -0.25) is 24.0 Å². The van der Waals surface area contributed by atoms with E-state index in [-0.39, 0.29) is 30.8 Å². The van der Waals surface area contributed by atoms with Crippen molar-refractivity contribution in [2.75, 3.05) is 14.1 Å². The van der Waals surface area contributed by atoms with Crippen LogP contribution in [-0.2, 0) is 36.9 Å². The number of carbonyl (C=O) groups excluding carboxylic acids is 4. The molecule has 250 valence electrons. The van der Waals surface area contributed by atoms with E-state index in [2.05, 4.69) is 24.5 Å². The number of aromatic nitrogens is 1. The molecule has 2 aromatic rings. The number of carboxylic acid groups (broad SMARTS) is 1. The van der Waals surface area contributed by atoms with Gasteiger partial charge in [0.25, 0.3) is 0 Å². The number of carboxylic acids is 1.